The van der Waals surface area contributed by atoms with Crippen LogP contribution >= 0.6 is 15.1 Å². The maximum atomic E-state index is 14.3. The molecule has 0 aromatic rings. The predicted octanol–water partition coefficient (Wildman–Crippen LogP) is -2.38. The third-order valence-electron chi connectivity index (χ3n) is 18.1. The van der Waals surface area contributed by atoms with Gasteiger partial charge in [0.25, 0.3) is 0 Å². The number of aliphatic hydroxyl groups is 9. The highest BCUT2D eigenvalue weighted by atomic mass is 31.2. The molecular weight excluding hydrogens is 1320 g/mol. The average molecular weight is 1430 g/mol. The summed E-state index contributed by atoms with van der Waals surface area (Å²) in [5.74, 6) is -2.88. The van der Waals surface area contributed by atoms with E-state index in [4.69, 9.17) is 46.5 Å². The number of hydrogen-bond acceptors (Lipinski definition) is 27. The normalized spacial score (nSPS) is 34.5. The number of carbonyl (C=O) groups excluding carboxylic acids is 6. The fraction of sp³-hybridized carbons (Fsp3) is 0.871. The zero-order valence-electron chi connectivity index (χ0n) is 56.9. The number of aliphatic hydroxyl groups excluding tert-OH is 9. The van der Waals surface area contributed by atoms with Crippen molar-refractivity contribution in [3.63, 3.8) is 0 Å². The van der Waals surface area contributed by atoms with Crippen molar-refractivity contribution in [3.8, 4) is 0 Å². The van der Waals surface area contributed by atoms with Gasteiger partial charge in [-0.2, -0.15) is 0 Å². The van der Waals surface area contributed by atoms with Crippen LogP contribution in [0.3, 0.4) is 0 Å². The molecule has 560 valence electrons. The van der Waals surface area contributed by atoms with E-state index in [1.54, 1.807) is 9.80 Å². The van der Waals surface area contributed by atoms with Gasteiger partial charge in [-0.3, -0.25) is 28.8 Å². The second kappa shape index (κ2) is 38.2. The number of nitrogens with zero attached hydrogens (tertiary/aromatic N) is 3. The molecule has 0 bridgehead atoms. The molecule has 23 atom stereocenters. The Hall–Kier alpha value is -3.42. The van der Waals surface area contributed by atoms with Crippen LogP contribution < -0.4 is 16.0 Å². The zero-order chi connectivity index (χ0) is 71.7. The number of likely N-dealkylation sites (tertiary alicyclic amines) is 3. The summed E-state index contributed by atoms with van der Waals surface area (Å²) in [6.07, 6.45) is -4.48. The predicted molar refractivity (Wildman–Crippen MR) is 348 cm³/mol. The lowest BCUT2D eigenvalue weighted by molar-refractivity contribution is -0.270. The number of amides is 6. The Morgan fingerprint density at radius 2 is 0.876 bits per heavy atom. The lowest BCUT2D eigenvalue weighted by Crippen LogP contribution is -2.64. The Bertz CT molecular complexity index is 2630. The molecular formula is C62H110N6O27P2. The van der Waals surface area contributed by atoms with E-state index >= 15 is 0 Å². The van der Waals surface area contributed by atoms with Gasteiger partial charge in [0.05, 0.1) is 80.7 Å². The van der Waals surface area contributed by atoms with Crippen molar-refractivity contribution in [3.05, 3.63) is 0 Å². The Morgan fingerprint density at radius 1 is 0.505 bits per heavy atom. The molecule has 14 N–H and O–H groups in total. The Labute approximate surface area is 567 Å². The van der Waals surface area contributed by atoms with Gasteiger partial charge in [-0.25, -0.2) is 0 Å². The second-order valence-corrected chi connectivity index (χ2v) is 30.7. The number of carbonyl (C=O) groups is 6. The van der Waals surface area contributed by atoms with Crippen molar-refractivity contribution >= 4 is 63.2 Å². The first-order chi connectivity index (χ1) is 45.7. The van der Waals surface area contributed by atoms with Crippen molar-refractivity contribution in [1.29, 1.82) is 0 Å². The molecule has 6 amide bonds. The van der Waals surface area contributed by atoms with Crippen molar-refractivity contribution in [2.24, 2.45) is 5.92 Å². The fourth-order valence-corrected chi connectivity index (χ4v) is 15.6. The number of rotatable bonds is 36. The van der Waals surface area contributed by atoms with E-state index in [-0.39, 0.29) is 128 Å². The van der Waals surface area contributed by atoms with Crippen LogP contribution in [0.1, 0.15) is 138 Å². The molecule has 33 nitrogen and oxygen atoms in total. The van der Waals surface area contributed by atoms with Gasteiger partial charge in [-0.05, 0) is 104 Å². The molecule has 17 unspecified atom stereocenters. The maximum Gasteiger partial charge on any atom is 0.248 e. The van der Waals surface area contributed by atoms with Crippen LogP contribution in [0.15, 0.2) is 0 Å². The summed E-state index contributed by atoms with van der Waals surface area (Å²) < 4.78 is 59.8. The third-order valence-corrected chi connectivity index (χ3v) is 20.5. The number of ether oxygens (including phenoxy) is 6. The van der Waals surface area contributed by atoms with E-state index in [0.29, 0.717) is 44.9 Å². The minimum atomic E-state index is -3.99. The van der Waals surface area contributed by atoms with Crippen molar-refractivity contribution in [2.45, 2.75) is 266 Å². The summed E-state index contributed by atoms with van der Waals surface area (Å²) >= 11 is 0. The summed E-state index contributed by atoms with van der Waals surface area (Å²) in [6, 6.07) is -4.80. The van der Waals surface area contributed by atoms with Crippen molar-refractivity contribution in [1.82, 2.24) is 30.7 Å². The lowest BCUT2D eigenvalue weighted by atomic mass is 9.79. The number of hydrogen-bond donors (Lipinski definition) is 14. The first kappa shape index (κ1) is 82.5. The van der Waals surface area contributed by atoms with Gasteiger partial charge in [0.2, 0.25) is 50.6 Å². The molecule has 97 heavy (non-hydrogen) atoms. The molecule has 1 saturated carbocycles. The molecule has 5 heterocycles. The molecule has 6 aliphatic rings. The van der Waals surface area contributed by atoms with E-state index in [9.17, 15) is 84.5 Å². The molecule has 6 fully saturated rings. The van der Waals surface area contributed by atoms with Crippen LogP contribution in [0.4, 0.5) is 0 Å². The Morgan fingerprint density at radius 3 is 1.27 bits per heavy atom. The highest BCUT2D eigenvalue weighted by Gasteiger charge is 2.49. The zero-order valence-corrected chi connectivity index (χ0v) is 58.7. The minimum absolute atomic E-state index is 0.0271. The average Bonchev–Trinajstić information content (AvgIpc) is 1.76. The highest BCUT2D eigenvalue weighted by molar-refractivity contribution is 7.58. The van der Waals surface area contributed by atoms with Crippen LogP contribution in [0.2, 0.25) is 0 Å². The van der Waals surface area contributed by atoms with Crippen LogP contribution in [0.25, 0.3) is 0 Å². The van der Waals surface area contributed by atoms with E-state index in [1.165, 1.54) is 25.7 Å². The molecule has 0 aromatic heterocycles. The van der Waals surface area contributed by atoms with Crippen LogP contribution in [-0.4, -0.2) is 319 Å². The molecule has 5 saturated heterocycles. The summed E-state index contributed by atoms with van der Waals surface area (Å²) in [7, 11) is -7.91. The van der Waals surface area contributed by atoms with Gasteiger partial charge in [-0.1, -0.05) is 6.92 Å². The van der Waals surface area contributed by atoms with Crippen LogP contribution in [0, 0.1) is 5.92 Å². The molecule has 0 radical (unpaired) electrons. The Balaban J connectivity index is 1.05. The number of nitrogens with one attached hydrogen (secondary N) is 3. The van der Waals surface area contributed by atoms with Gasteiger partial charge in [0.15, 0.2) is 12.6 Å². The smallest absolute Gasteiger partial charge is 0.248 e. The molecule has 35 heteroatoms. The molecule has 5 aliphatic heterocycles. The maximum absolute atomic E-state index is 14.3. The second-order valence-electron chi connectivity index (χ2n) is 27.2. The number of unbranched alkanes of at least 4 members (excludes halogenated alkanes) is 3. The summed E-state index contributed by atoms with van der Waals surface area (Å²) in [5.41, 5.74) is -0.576. The first-order valence-corrected chi connectivity index (χ1v) is 37.2. The van der Waals surface area contributed by atoms with E-state index in [2.05, 4.69) is 28.5 Å². The van der Waals surface area contributed by atoms with Gasteiger partial charge >= 0.3 is 0 Å². The summed E-state index contributed by atoms with van der Waals surface area (Å²) in [6.45, 7) is 9.60. The molecule has 6 rings (SSSR count). The topological polar surface area (TPSA) is 463 Å². The van der Waals surface area contributed by atoms with E-state index in [0.717, 1.165) is 0 Å². The third kappa shape index (κ3) is 24.6. The van der Waals surface area contributed by atoms with Gasteiger partial charge in [0, 0.05) is 98.1 Å². The molecule has 0 spiro atoms. The van der Waals surface area contributed by atoms with Crippen molar-refractivity contribution in [2.75, 3.05) is 72.5 Å². The largest absolute Gasteiger partial charge is 0.396 e. The quantitative estimate of drug-likeness (QED) is 0.0230. The van der Waals surface area contributed by atoms with Crippen molar-refractivity contribution < 1.29 is 131 Å². The monoisotopic (exact) mass is 1430 g/mol. The first-order valence-electron chi connectivity index (χ1n) is 33.7. The van der Waals surface area contributed by atoms with Gasteiger partial charge in [0.1, 0.15) is 54.8 Å². The van der Waals surface area contributed by atoms with E-state index < -0.39 is 174 Å². The van der Waals surface area contributed by atoms with Crippen LogP contribution in [0.5, 0.6) is 0 Å². The summed E-state index contributed by atoms with van der Waals surface area (Å²) in [5, 5.41) is 100. The SMILES string of the molecule is C=P(O)(OC[C@@H]1C[C@@H](OP(=C)(O)OC[C@@H]2C[C@@H](OC(C)(C)C)CN2C(=O)CCCCOC2OC(CO)C(O)C(O)C2NC(C)=O)CN1C(=O)CCCCOC1OC(CO)C(O)C(O)C1NC(C)=O)O[C@@H]1C[C@@H](CC)N(C(=O)CCCCOC2CC(CO)C(O)C(O)C2NC(C)=O)C1. The van der Waals surface area contributed by atoms with E-state index in [1.807, 2.05) is 27.7 Å². The molecule has 0 aromatic carbocycles. The highest BCUT2D eigenvalue weighted by Crippen LogP contribution is 2.49. The van der Waals surface area contributed by atoms with Crippen LogP contribution in [-0.2, 0) is 75.3 Å². The minimum Gasteiger partial charge on any atom is -0.396 e. The summed E-state index contributed by atoms with van der Waals surface area (Å²) in [4.78, 5) is 106. The fourth-order valence-electron chi connectivity index (χ4n) is 13.4. The lowest BCUT2D eigenvalue weighted by Gasteiger charge is -2.42. The van der Waals surface area contributed by atoms with Gasteiger partial charge < -0.3 is 133 Å². The standard InChI is InChI=1S/C62H110N6O27P2/c1-10-39-24-43(28-66(39)48(75)17-11-14-20-86-45-23-38(30-69)54(78)57(81)51(45)63-35(2)72)94-96(8,84)90-34-41-26-44(29-68(41)50(77)19-13-16-22-88-61-53(65-37(4)74)59(83)56(80)47(32-71)92-61)95-97(9,85)89-33-40-25-42(93-62(5,6)7)27-67(40)49(76)18-12-15-21-87-60-52(64-36(3)73)58(82)55(79)46(31-70)91-60/h38-47,51-61,69-71,78-85H,8-34H2,1-7H3,(H,63,72)(H,64,73)(H,65,74)/t38?,39-,40+,41+,42-,43-,44-,45?,46?,47?,51?,52?,53?,54?,55?,56?,57?,58?,59?,60?,61?,96?,97?/m1/s1. The van der Waals surface area contributed by atoms with Gasteiger partial charge in [-0.15, -0.1) is 0 Å². The molecule has 1 aliphatic carbocycles. The Kier molecular flexibility index (Phi) is 32.5.